The van der Waals surface area contributed by atoms with Crippen LogP contribution in [0.2, 0.25) is 0 Å². The van der Waals surface area contributed by atoms with Gasteiger partial charge in [0.2, 0.25) is 0 Å². The molecule has 0 unspecified atom stereocenters. The predicted molar refractivity (Wildman–Crippen MR) is 88.9 cm³/mol. The maximum atomic E-state index is 10.9. The molecular weight excluding hydrogens is 296 g/mol. The third-order valence-corrected chi connectivity index (χ3v) is 4.43. The van der Waals surface area contributed by atoms with Gasteiger partial charge in [0, 0.05) is 23.2 Å². The number of carboxylic acids is 1. The molecule has 3 aromatic rings. The van der Waals surface area contributed by atoms with Gasteiger partial charge in [0.25, 0.3) is 0 Å². The molecule has 4 nitrogen and oxygen atoms in total. The summed E-state index contributed by atoms with van der Waals surface area (Å²) >= 11 is 1.50. The van der Waals surface area contributed by atoms with Crippen LogP contribution in [0, 0.1) is 6.92 Å². The standard InChI is InChI=1S/C17H14N2O2S/c1-10(9-14(20)21)17-16(19-11(2)22-17)13-7-3-5-12-6-4-8-18-15(12)13/h3-9H,1-2H3,(H,20,21)/b10-9+. The maximum absolute atomic E-state index is 10.9. The molecule has 2 aromatic heterocycles. The first-order valence-corrected chi connectivity index (χ1v) is 7.61. The summed E-state index contributed by atoms with van der Waals surface area (Å²) in [6.07, 6.45) is 2.97. The summed E-state index contributed by atoms with van der Waals surface area (Å²) in [6.45, 7) is 3.72. The lowest BCUT2D eigenvalue weighted by atomic mass is 10.0. The van der Waals surface area contributed by atoms with Gasteiger partial charge in [-0.25, -0.2) is 9.78 Å². The van der Waals surface area contributed by atoms with E-state index in [-0.39, 0.29) is 0 Å². The van der Waals surface area contributed by atoms with Crippen LogP contribution in [0.1, 0.15) is 16.8 Å². The number of hydrogen-bond donors (Lipinski definition) is 1. The van der Waals surface area contributed by atoms with Crippen molar-refractivity contribution in [1.82, 2.24) is 9.97 Å². The molecule has 22 heavy (non-hydrogen) atoms. The molecule has 0 fully saturated rings. The Kier molecular flexibility index (Phi) is 3.73. The number of aromatic nitrogens is 2. The summed E-state index contributed by atoms with van der Waals surface area (Å²) in [7, 11) is 0. The Morgan fingerprint density at radius 3 is 2.82 bits per heavy atom. The Labute approximate surface area is 131 Å². The van der Waals surface area contributed by atoms with Crippen LogP contribution in [0.4, 0.5) is 0 Å². The number of nitrogens with zero attached hydrogens (tertiary/aromatic N) is 2. The van der Waals surface area contributed by atoms with E-state index in [1.165, 1.54) is 17.4 Å². The van der Waals surface area contributed by atoms with Gasteiger partial charge in [0.05, 0.1) is 21.1 Å². The first kappa shape index (κ1) is 14.4. The number of aliphatic carboxylic acids is 1. The fraction of sp³-hybridized carbons (Fsp3) is 0.118. The Bertz CT molecular complexity index is 891. The van der Waals surface area contributed by atoms with E-state index in [1.54, 1.807) is 13.1 Å². The molecule has 1 N–H and O–H groups in total. The molecule has 0 saturated carbocycles. The Morgan fingerprint density at radius 2 is 2.05 bits per heavy atom. The van der Waals surface area contributed by atoms with Crippen molar-refractivity contribution in [2.45, 2.75) is 13.8 Å². The van der Waals surface area contributed by atoms with Crippen molar-refractivity contribution < 1.29 is 9.90 Å². The minimum Gasteiger partial charge on any atom is -0.478 e. The van der Waals surface area contributed by atoms with Gasteiger partial charge in [-0.15, -0.1) is 11.3 Å². The fourth-order valence-electron chi connectivity index (χ4n) is 2.42. The molecule has 0 saturated heterocycles. The van der Waals surface area contributed by atoms with Gasteiger partial charge in [-0.2, -0.15) is 0 Å². The second kappa shape index (κ2) is 5.69. The van der Waals surface area contributed by atoms with E-state index < -0.39 is 5.97 Å². The van der Waals surface area contributed by atoms with E-state index in [2.05, 4.69) is 9.97 Å². The molecule has 0 atom stereocenters. The summed E-state index contributed by atoms with van der Waals surface area (Å²) in [6, 6.07) is 9.85. The minimum absolute atomic E-state index is 0.695. The van der Waals surface area contributed by atoms with Crippen molar-refractivity contribution in [3.8, 4) is 11.3 Å². The van der Waals surface area contributed by atoms with Gasteiger partial charge in [0.15, 0.2) is 0 Å². The van der Waals surface area contributed by atoms with Gasteiger partial charge in [-0.3, -0.25) is 4.98 Å². The van der Waals surface area contributed by atoms with E-state index in [0.717, 1.165) is 32.0 Å². The van der Waals surface area contributed by atoms with Crippen LogP contribution < -0.4 is 0 Å². The first-order chi connectivity index (χ1) is 10.6. The average Bonchev–Trinajstić information content (AvgIpc) is 2.88. The highest BCUT2D eigenvalue weighted by Gasteiger charge is 2.16. The zero-order valence-corrected chi connectivity index (χ0v) is 13.0. The van der Waals surface area contributed by atoms with Crippen LogP contribution in [0.25, 0.3) is 27.7 Å². The Morgan fingerprint density at radius 1 is 1.27 bits per heavy atom. The Hall–Kier alpha value is -2.53. The zero-order chi connectivity index (χ0) is 15.7. The second-order valence-corrected chi connectivity index (χ2v) is 6.16. The van der Waals surface area contributed by atoms with Crippen LogP contribution >= 0.6 is 11.3 Å². The van der Waals surface area contributed by atoms with Crippen molar-refractivity contribution in [2.75, 3.05) is 0 Å². The first-order valence-electron chi connectivity index (χ1n) is 6.79. The molecule has 3 rings (SSSR count). The molecule has 2 heterocycles. The molecule has 0 bridgehead atoms. The second-order valence-electron chi connectivity index (χ2n) is 4.96. The van der Waals surface area contributed by atoms with Crippen LogP contribution in [0.15, 0.2) is 42.6 Å². The summed E-state index contributed by atoms with van der Waals surface area (Å²) in [5, 5.41) is 10.9. The van der Waals surface area contributed by atoms with Crippen molar-refractivity contribution in [3.05, 3.63) is 52.5 Å². The molecule has 0 radical (unpaired) electrons. The third-order valence-electron chi connectivity index (χ3n) is 3.32. The number of carbonyl (C=O) groups is 1. The van der Waals surface area contributed by atoms with Crippen molar-refractivity contribution in [3.63, 3.8) is 0 Å². The number of fused-ring (bicyclic) bond motifs is 1. The number of thiazole rings is 1. The van der Waals surface area contributed by atoms with Gasteiger partial charge in [-0.05, 0) is 25.5 Å². The fourth-order valence-corrected chi connectivity index (χ4v) is 3.33. The number of allylic oxidation sites excluding steroid dienone is 1. The lowest BCUT2D eigenvalue weighted by Gasteiger charge is -2.06. The number of benzene rings is 1. The van der Waals surface area contributed by atoms with Gasteiger partial charge in [0.1, 0.15) is 0 Å². The third kappa shape index (κ3) is 2.63. The number of hydrogen-bond acceptors (Lipinski definition) is 4. The highest BCUT2D eigenvalue weighted by atomic mass is 32.1. The number of carboxylic acid groups (broad SMARTS) is 1. The largest absolute Gasteiger partial charge is 0.478 e. The molecule has 0 amide bonds. The highest BCUT2D eigenvalue weighted by molar-refractivity contribution is 7.13. The molecule has 0 aliphatic heterocycles. The number of para-hydroxylation sites is 1. The molecule has 5 heteroatoms. The van der Waals surface area contributed by atoms with Crippen LogP contribution in [0.3, 0.4) is 0 Å². The van der Waals surface area contributed by atoms with E-state index in [4.69, 9.17) is 5.11 Å². The topological polar surface area (TPSA) is 63.1 Å². The quantitative estimate of drug-likeness (QED) is 0.738. The van der Waals surface area contributed by atoms with Crippen molar-refractivity contribution in [1.29, 1.82) is 0 Å². The number of aryl methyl sites for hydroxylation is 1. The smallest absolute Gasteiger partial charge is 0.328 e. The lowest BCUT2D eigenvalue weighted by molar-refractivity contribution is -0.131. The SMILES string of the molecule is C/C(=C\C(=O)O)c1sc(C)nc1-c1cccc2cccnc12. The molecular formula is C17H14N2O2S. The lowest BCUT2D eigenvalue weighted by Crippen LogP contribution is -1.91. The van der Waals surface area contributed by atoms with Crippen molar-refractivity contribution >= 4 is 33.8 Å². The van der Waals surface area contributed by atoms with E-state index in [1.807, 2.05) is 37.3 Å². The summed E-state index contributed by atoms with van der Waals surface area (Å²) in [4.78, 5) is 20.9. The average molecular weight is 310 g/mol. The van der Waals surface area contributed by atoms with E-state index >= 15 is 0 Å². The predicted octanol–water partition coefficient (Wildman–Crippen LogP) is 4.15. The van der Waals surface area contributed by atoms with Crippen LogP contribution in [-0.4, -0.2) is 21.0 Å². The normalized spacial score (nSPS) is 11.8. The van der Waals surface area contributed by atoms with E-state index in [9.17, 15) is 4.79 Å². The van der Waals surface area contributed by atoms with E-state index in [0.29, 0.717) is 5.57 Å². The molecule has 1 aromatic carbocycles. The Balaban J connectivity index is 2.26. The molecule has 0 spiro atoms. The molecule has 110 valence electrons. The van der Waals surface area contributed by atoms with Gasteiger partial charge >= 0.3 is 5.97 Å². The minimum atomic E-state index is -0.953. The zero-order valence-electron chi connectivity index (χ0n) is 12.2. The summed E-state index contributed by atoms with van der Waals surface area (Å²) in [5.74, 6) is -0.953. The maximum Gasteiger partial charge on any atom is 0.328 e. The number of pyridine rings is 1. The van der Waals surface area contributed by atoms with Crippen LogP contribution in [0.5, 0.6) is 0 Å². The van der Waals surface area contributed by atoms with Gasteiger partial charge < -0.3 is 5.11 Å². The van der Waals surface area contributed by atoms with Crippen molar-refractivity contribution in [2.24, 2.45) is 0 Å². The molecule has 0 aliphatic rings. The number of rotatable bonds is 3. The summed E-state index contributed by atoms with van der Waals surface area (Å²) in [5.41, 5.74) is 3.29. The molecule has 0 aliphatic carbocycles. The highest BCUT2D eigenvalue weighted by Crippen LogP contribution is 2.36. The van der Waals surface area contributed by atoms with Crippen LogP contribution in [-0.2, 0) is 4.79 Å². The summed E-state index contributed by atoms with van der Waals surface area (Å²) < 4.78 is 0. The monoisotopic (exact) mass is 310 g/mol. The van der Waals surface area contributed by atoms with Gasteiger partial charge in [-0.1, -0.05) is 24.3 Å².